The zero-order chi connectivity index (χ0) is 16.5. The van der Waals surface area contributed by atoms with Gasteiger partial charge in [0.2, 0.25) is 5.91 Å². The Morgan fingerprint density at radius 2 is 1.92 bits per heavy atom. The Balaban J connectivity index is 0.00000121. The van der Waals surface area contributed by atoms with Crippen molar-refractivity contribution in [1.82, 2.24) is 24.7 Å². The highest BCUT2D eigenvalue weighted by molar-refractivity contribution is 5.85. The number of hydrogen-bond donors (Lipinski definition) is 1. The summed E-state index contributed by atoms with van der Waals surface area (Å²) < 4.78 is 1.67. The van der Waals surface area contributed by atoms with E-state index in [-0.39, 0.29) is 36.8 Å². The van der Waals surface area contributed by atoms with Gasteiger partial charge in [-0.2, -0.15) is 4.52 Å². The number of piperazine rings is 1. The molecule has 1 saturated heterocycles. The molecule has 26 heavy (non-hydrogen) atoms. The molecule has 4 rings (SSSR count). The summed E-state index contributed by atoms with van der Waals surface area (Å²) in [7, 11) is 0. The van der Waals surface area contributed by atoms with Crippen molar-refractivity contribution >= 4 is 42.2 Å². The van der Waals surface area contributed by atoms with E-state index in [0.29, 0.717) is 12.3 Å². The molecule has 2 N–H and O–H groups in total. The highest BCUT2D eigenvalue weighted by atomic mass is 35.5. The molecule has 2 aliphatic rings. The number of hydrogen-bond acceptors (Lipinski definition) is 6. The third-order valence-electron chi connectivity index (χ3n) is 5.26. The van der Waals surface area contributed by atoms with Crippen LogP contribution in [0, 0.1) is 5.92 Å². The van der Waals surface area contributed by atoms with Crippen LogP contribution in [0.15, 0.2) is 18.5 Å². The number of fused-ring (bicyclic) bond motifs is 1. The molecule has 2 fully saturated rings. The van der Waals surface area contributed by atoms with E-state index in [9.17, 15) is 4.79 Å². The topological polar surface area (TPSA) is 92.7 Å². The fourth-order valence-corrected chi connectivity index (χ4v) is 3.74. The SMILES string of the molecule is Cl.Cl.N[C@@H]1CCC[C@H]1CC(=O)N1CCN(c2ccc3nncn3n2)CC1. The zero-order valence-corrected chi connectivity index (χ0v) is 16.2. The van der Waals surface area contributed by atoms with Gasteiger partial charge < -0.3 is 15.5 Å². The minimum Gasteiger partial charge on any atom is -0.352 e. The van der Waals surface area contributed by atoms with Crippen LogP contribution >= 0.6 is 24.8 Å². The summed E-state index contributed by atoms with van der Waals surface area (Å²) in [4.78, 5) is 16.7. The summed E-state index contributed by atoms with van der Waals surface area (Å²) in [5, 5.41) is 12.3. The summed E-state index contributed by atoms with van der Waals surface area (Å²) in [6.07, 6.45) is 5.51. The first-order chi connectivity index (χ1) is 11.7. The number of nitrogens with two attached hydrogens (primary N) is 1. The second-order valence-electron chi connectivity index (χ2n) is 6.75. The molecule has 0 bridgehead atoms. The van der Waals surface area contributed by atoms with Crippen LogP contribution in [0.4, 0.5) is 5.82 Å². The Hall–Kier alpha value is -1.64. The van der Waals surface area contributed by atoms with Crippen LogP contribution in [0.3, 0.4) is 0 Å². The molecule has 2 atom stereocenters. The van der Waals surface area contributed by atoms with Crippen LogP contribution in [0.25, 0.3) is 5.65 Å². The van der Waals surface area contributed by atoms with Gasteiger partial charge in [0.1, 0.15) is 12.1 Å². The van der Waals surface area contributed by atoms with Gasteiger partial charge >= 0.3 is 0 Å². The van der Waals surface area contributed by atoms with E-state index >= 15 is 0 Å². The monoisotopic (exact) mass is 401 g/mol. The van der Waals surface area contributed by atoms with Crippen LogP contribution in [0.1, 0.15) is 25.7 Å². The van der Waals surface area contributed by atoms with Crippen LogP contribution in [0.2, 0.25) is 0 Å². The molecule has 1 amide bonds. The summed E-state index contributed by atoms with van der Waals surface area (Å²) in [5.74, 6) is 1.51. The molecular weight excluding hydrogens is 377 g/mol. The smallest absolute Gasteiger partial charge is 0.223 e. The lowest BCUT2D eigenvalue weighted by Crippen LogP contribution is -2.49. The van der Waals surface area contributed by atoms with Gasteiger partial charge in [-0.25, -0.2) is 0 Å². The minimum atomic E-state index is 0. The van der Waals surface area contributed by atoms with Crippen molar-refractivity contribution in [2.24, 2.45) is 11.7 Å². The van der Waals surface area contributed by atoms with Gasteiger partial charge in [-0.1, -0.05) is 6.42 Å². The second-order valence-corrected chi connectivity index (χ2v) is 6.75. The van der Waals surface area contributed by atoms with E-state index in [0.717, 1.165) is 56.9 Å². The molecule has 3 heterocycles. The lowest BCUT2D eigenvalue weighted by atomic mass is 9.99. The van der Waals surface area contributed by atoms with E-state index in [2.05, 4.69) is 20.2 Å². The third kappa shape index (κ3) is 4.19. The number of carbonyl (C=O) groups excluding carboxylic acids is 1. The maximum absolute atomic E-state index is 12.5. The molecule has 0 radical (unpaired) electrons. The molecule has 10 heteroatoms. The number of rotatable bonds is 3. The van der Waals surface area contributed by atoms with Crippen molar-refractivity contribution < 1.29 is 4.79 Å². The first kappa shape index (κ1) is 20.7. The summed E-state index contributed by atoms with van der Waals surface area (Å²) >= 11 is 0. The van der Waals surface area contributed by atoms with E-state index in [1.165, 1.54) is 0 Å². The molecule has 1 aliphatic heterocycles. The fraction of sp³-hybridized carbons (Fsp3) is 0.625. The largest absolute Gasteiger partial charge is 0.352 e. The van der Waals surface area contributed by atoms with Gasteiger partial charge in [0.15, 0.2) is 5.65 Å². The van der Waals surface area contributed by atoms with Crippen LogP contribution in [0.5, 0.6) is 0 Å². The van der Waals surface area contributed by atoms with Crippen molar-refractivity contribution in [2.45, 2.75) is 31.7 Å². The predicted octanol–water partition coefficient (Wildman–Crippen LogP) is 1.13. The van der Waals surface area contributed by atoms with Gasteiger partial charge in [0.25, 0.3) is 0 Å². The Morgan fingerprint density at radius 3 is 2.62 bits per heavy atom. The second kappa shape index (κ2) is 8.83. The fourth-order valence-electron chi connectivity index (χ4n) is 3.74. The molecule has 0 aromatic carbocycles. The Bertz CT molecular complexity index is 732. The molecule has 0 unspecified atom stereocenters. The van der Waals surface area contributed by atoms with Crippen LogP contribution < -0.4 is 10.6 Å². The number of anilines is 1. The summed E-state index contributed by atoms with van der Waals surface area (Å²) in [6, 6.07) is 4.07. The van der Waals surface area contributed by atoms with Crippen molar-refractivity contribution in [3.63, 3.8) is 0 Å². The molecule has 1 aliphatic carbocycles. The van der Waals surface area contributed by atoms with Crippen molar-refractivity contribution in [3.05, 3.63) is 18.5 Å². The summed E-state index contributed by atoms with van der Waals surface area (Å²) in [5.41, 5.74) is 6.83. The van der Waals surface area contributed by atoms with Gasteiger partial charge in [-0.15, -0.1) is 40.1 Å². The van der Waals surface area contributed by atoms with E-state index in [4.69, 9.17) is 5.73 Å². The highest BCUT2D eigenvalue weighted by Crippen LogP contribution is 2.27. The van der Waals surface area contributed by atoms with Crippen LogP contribution in [-0.4, -0.2) is 62.8 Å². The maximum Gasteiger partial charge on any atom is 0.223 e. The Morgan fingerprint density at radius 1 is 1.15 bits per heavy atom. The van der Waals surface area contributed by atoms with E-state index < -0.39 is 0 Å². The quantitative estimate of drug-likeness (QED) is 0.828. The Labute approximate surface area is 164 Å². The molecule has 8 nitrogen and oxygen atoms in total. The Kier molecular flexibility index (Phi) is 7.02. The first-order valence-electron chi connectivity index (χ1n) is 8.66. The highest BCUT2D eigenvalue weighted by Gasteiger charge is 2.29. The number of amides is 1. The average molecular weight is 402 g/mol. The normalized spacial score (nSPS) is 22.8. The van der Waals surface area contributed by atoms with Crippen molar-refractivity contribution in [3.8, 4) is 0 Å². The van der Waals surface area contributed by atoms with Gasteiger partial charge in [-0.3, -0.25) is 4.79 Å². The minimum absolute atomic E-state index is 0. The van der Waals surface area contributed by atoms with E-state index in [1.807, 2.05) is 17.0 Å². The zero-order valence-electron chi connectivity index (χ0n) is 14.5. The maximum atomic E-state index is 12.5. The average Bonchev–Trinajstić information content (AvgIpc) is 3.23. The first-order valence-corrected chi connectivity index (χ1v) is 8.66. The predicted molar refractivity (Wildman–Crippen MR) is 104 cm³/mol. The molecule has 2 aromatic rings. The molecule has 0 spiro atoms. The van der Waals surface area contributed by atoms with Crippen molar-refractivity contribution in [1.29, 1.82) is 0 Å². The van der Waals surface area contributed by atoms with Gasteiger partial charge in [0.05, 0.1) is 0 Å². The lowest BCUT2D eigenvalue weighted by Gasteiger charge is -2.36. The molecule has 144 valence electrons. The van der Waals surface area contributed by atoms with Gasteiger partial charge in [0, 0.05) is 38.6 Å². The number of carbonyl (C=O) groups is 1. The lowest BCUT2D eigenvalue weighted by molar-refractivity contribution is -0.132. The summed E-state index contributed by atoms with van der Waals surface area (Å²) in [6.45, 7) is 3.07. The van der Waals surface area contributed by atoms with E-state index in [1.54, 1.807) is 10.8 Å². The standard InChI is InChI=1S/C16H23N7O.2ClH/c17-13-3-1-2-12(13)10-16(24)22-8-6-21(7-9-22)15-5-4-14-19-18-11-23(14)20-15;;/h4-5,11-13H,1-3,6-10,17H2;2*1H/t12-,13+;;/m0../s1. The molecule has 1 saturated carbocycles. The van der Waals surface area contributed by atoms with Crippen molar-refractivity contribution in [2.75, 3.05) is 31.1 Å². The number of halogens is 2. The molecule has 2 aromatic heterocycles. The third-order valence-corrected chi connectivity index (χ3v) is 5.26. The number of nitrogens with zero attached hydrogens (tertiary/aromatic N) is 6. The number of aromatic nitrogens is 4. The van der Waals surface area contributed by atoms with Gasteiger partial charge in [-0.05, 0) is 30.9 Å². The molecular formula is C16H25Cl2N7O. The van der Waals surface area contributed by atoms with Crippen LogP contribution in [-0.2, 0) is 4.79 Å².